The molecule has 0 saturated carbocycles. The number of Topliss-reactive ketones (excluding diaryl/α,β-unsaturated/α-hetero) is 2. The first-order valence-electron chi connectivity index (χ1n) is 6.03. The predicted octanol–water partition coefficient (Wildman–Crippen LogP) is 2.52. The summed E-state index contributed by atoms with van der Waals surface area (Å²) < 4.78 is -0.0968. The van der Waals surface area contributed by atoms with Crippen LogP contribution in [0.2, 0.25) is 0 Å². The number of aliphatic hydroxyl groups excluding tert-OH is 1. The number of halogens is 1. The molecule has 2 heterocycles. The third kappa shape index (κ3) is 2.01. The third-order valence-corrected chi connectivity index (χ3v) is 5.14. The Morgan fingerprint density at radius 1 is 1.16 bits per heavy atom. The van der Waals surface area contributed by atoms with Crippen molar-refractivity contribution in [1.82, 2.24) is 4.98 Å². The van der Waals surface area contributed by atoms with Crippen molar-refractivity contribution in [3.63, 3.8) is 0 Å². The molecule has 7 heteroatoms. The number of carbonyl (C=O) groups excluding carboxylic acids is 2. The van der Waals surface area contributed by atoms with Crippen LogP contribution in [0.4, 0.5) is 5.13 Å². The van der Waals surface area contributed by atoms with Gasteiger partial charge in [0.05, 0.1) is 0 Å². The Morgan fingerprint density at radius 2 is 1.84 bits per heavy atom. The molecule has 0 unspecified atom stereocenters. The molecule has 0 bridgehead atoms. The van der Waals surface area contributed by atoms with Gasteiger partial charge in [0.15, 0.2) is 10.9 Å². The number of aliphatic hydroxyl groups is 1. The van der Waals surface area contributed by atoms with Crippen LogP contribution in [0, 0.1) is 0 Å². The van der Waals surface area contributed by atoms with Crippen LogP contribution in [0.1, 0.15) is 34.6 Å². The maximum atomic E-state index is 11.9. The van der Waals surface area contributed by atoms with E-state index in [1.165, 1.54) is 17.8 Å². The molecule has 3 rings (SSSR count). The van der Waals surface area contributed by atoms with Gasteiger partial charge in [-0.2, -0.15) is 0 Å². The number of ketones is 2. The number of nitrogens with zero attached hydrogens (tertiary/aromatic N) is 2. The van der Waals surface area contributed by atoms with E-state index in [1.807, 2.05) is 0 Å². The fraction of sp³-hybridized carbons (Fsp3) is 0.417. The molecule has 1 saturated heterocycles. The monoisotopic (exact) mass is 342 g/mol. The van der Waals surface area contributed by atoms with Gasteiger partial charge < -0.3 is 10.0 Å². The maximum absolute atomic E-state index is 11.9. The van der Waals surface area contributed by atoms with E-state index in [1.54, 1.807) is 0 Å². The van der Waals surface area contributed by atoms with Crippen LogP contribution in [0.5, 0.6) is 0 Å². The number of thiazole rings is 1. The highest BCUT2D eigenvalue weighted by Gasteiger charge is 2.36. The molecule has 2 aliphatic rings. The summed E-state index contributed by atoms with van der Waals surface area (Å²) in [7, 11) is 0. The molecular formula is C12H11BrN2O3S. The number of fused-ring (bicyclic) bond motifs is 1. The van der Waals surface area contributed by atoms with E-state index in [0.717, 1.165) is 25.9 Å². The zero-order valence-electron chi connectivity index (χ0n) is 9.98. The largest absolute Gasteiger partial charge is 0.504 e. The number of rotatable bonds is 1. The fourth-order valence-electron chi connectivity index (χ4n) is 2.26. The first kappa shape index (κ1) is 12.8. The molecule has 1 N–H and O–H groups in total. The lowest BCUT2D eigenvalue weighted by Crippen LogP contribution is -2.29. The Morgan fingerprint density at radius 3 is 2.53 bits per heavy atom. The lowest BCUT2D eigenvalue weighted by Gasteiger charge is -2.25. The highest BCUT2D eigenvalue weighted by Crippen LogP contribution is 2.37. The first-order valence-corrected chi connectivity index (χ1v) is 7.64. The second-order valence-corrected chi connectivity index (χ2v) is 6.31. The molecule has 1 aromatic heterocycles. The van der Waals surface area contributed by atoms with Crippen molar-refractivity contribution in [2.45, 2.75) is 19.3 Å². The van der Waals surface area contributed by atoms with Gasteiger partial charge in [0, 0.05) is 13.1 Å². The molecule has 19 heavy (non-hydrogen) atoms. The van der Waals surface area contributed by atoms with Crippen molar-refractivity contribution in [1.29, 1.82) is 0 Å². The van der Waals surface area contributed by atoms with E-state index in [0.29, 0.717) is 5.13 Å². The standard InChI is InChI=1S/C12H11BrN2O3S/c13-6-8(16)7-11(10(18)9(6)17)19-12(14-7)15-4-2-1-3-5-15/h16H,1-5H2. The highest BCUT2D eigenvalue weighted by atomic mass is 79.9. The van der Waals surface area contributed by atoms with Crippen LogP contribution >= 0.6 is 27.3 Å². The van der Waals surface area contributed by atoms with Gasteiger partial charge in [-0.15, -0.1) is 0 Å². The summed E-state index contributed by atoms with van der Waals surface area (Å²) in [4.78, 5) is 30.2. The van der Waals surface area contributed by atoms with Crippen molar-refractivity contribution >= 4 is 49.7 Å². The molecule has 0 aromatic carbocycles. The summed E-state index contributed by atoms with van der Waals surface area (Å²) in [6.07, 6.45) is 3.40. The Bertz CT molecular complexity index is 602. The van der Waals surface area contributed by atoms with E-state index in [9.17, 15) is 14.7 Å². The summed E-state index contributed by atoms with van der Waals surface area (Å²) in [5.74, 6) is -1.54. The van der Waals surface area contributed by atoms with E-state index in [2.05, 4.69) is 25.8 Å². The molecule has 1 aliphatic carbocycles. The zero-order valence-corrected chi connectivity index (χ0v) is 12.4. The molecule has 1 aromatic rings. The summed E-state index contributed by atoms with van der Waals surface area (Å²) in [6.45, 7) is 1.81. The van der Waals surface area contributed by atoms with Crippen LogP contribution in [-0.2, 0) is 4.79 Å². The Balaban J connectivity index is 2.04. The number of aromatic nitrogens is 1. The molecule has 0 atom stereocenters. The van der Waals surface area contributed by atoms with Crippen LogP contribution in [0.3, 0.4) is 0 Å². The Hall–Kier alpha value is -1.21. The minimum absolute atomic E-state index is 0.0968. The molecular weight excluding hydrogens is 332 g/mol. The van der Waals surface area contributed by atoms with E-state index in [4.69, 9.17) is 0 Å². The minimum Gasteiger partial charge on any atom is -0.504 e. The third-order valence-electron chi connectivity index (χ3n) is 3.29. The smallest absolute Gasteiger partial charge is 0.246 e. The van der Waals surface area contributed by atoms with Gasteiger partial charge in [0.25, 0.3) is 0 Å². The van der Waals surface area contributed by atoms with E-state index >= 15 is 0 Å². The average Bonchev–Trinajstić information content (AvgIpc) is 2.89. The van der Waals surface area contributed by atoms with Gasteiger partial charge in [-0.05, 0) is 35.2 Å². The average molecular weight is 343 g/mol. The lowest BCUT2D eigenvalue weighted by atomic mass is 10.1. The quantitative estimate of drug-likeness (QED) is 0.794. The van der Waals surface area contributed by atoms with E-state index in [-0.39, 0.29) is 20.8 Å². The van der Waals surface area contributed by atoms with Gasteiger partial charge in [-0.1, -0.05) is 11.3 Å². The molecule has 0 amide bonds. The van der Waals surface area contributed by atoms with Gasteiger partial charge in [0.2, 0.25) is 11.6 Å². The highest BCUT2D eigenvalue weighted by molar-refractivity contribution is 9.12. The maximum Gasteiger partial charge on any atom is 0.246 e. The van der Waals surface area contributed by atoms with Crippen molar-refractivity contribution in [3.05, 3.63) is 15.1 Å². The van der Waals surface area contributed by atoms with Gasteiger partial charge in [0.1, 0.15) is 15.1 Å². The SMILES string of the molecule is O=C1C(=O)c2sc(N3CCCCC3)nc2C(O)=C1Br. The van der Waals surface area contributed by atoms with Gasteiger partial charge in [-0.25, -0.2) is 4.98 Å². The van der Waals surface area contributed by atoms with Crippen LogP contribution < -0.4 is 4.90 Å². The zero-order chi connectivity index (χ0) is 13.6. The van der Waals surface area contributed by atoms with Crippen LogP contribution in [0.25, 0.3) is 5.76 Å². The number of anilines is 1. The molecule has 1 fully saturated rings. The van der Waals surface area contributed by atoms with Crippen LogP contribution in [-0.4, -0.2) is 34.7 Å². The van der Waals surface area contributed by atoms with Crippen molar-refractivity contribution < 1.29 is 14.7 Å². The van der Waals surface area contributed by atoms with Crippen molar-refractivity contribution in [2.75, 3.05) is 18.0 Å². The normalized spacial score (nSPS) is 19.9. The number of allylic oxidation sites excluding steroid dienone is 1. The second kappa shape index (κ2) is 4.72. The topological polar surface area (TPSA) is 70.5 Å². The minimum atomic E-state index is -0.709. The molecule has 0 spiro atoms. The molecule has 100 valence electrons. The number of carbonyl (C=O) groups is 2. The number of hydrogen-bond donors (Lipinski definition) is 1. The molecule has 1 aliphatic heterocycles. The summed E-state index contributed by atoms with van der Waals surface area (Å²) in [5, 5.41) is 10.6. The Labute approximate surface area is 122 Å². The summed E-state index contributed by atoms with van der Waals surface area (Å²) >= 11 is 4.13. The molecule has 5 nitrogen and oxygen atoms in total. The van der Waals surface area contributed by atoms with E-state index < -0.39 is 11.6 Å². The van der Waals surface area contributed by atoms with Crippen molar-refractivity contribution in [2.24, 2.45) is 0 Å². The predicted molar refractivity (Wildman–Crippen MR) is 76.0 cm³/mol. The van der Waals surface area contributed by atoms with Gasteiger partial charge >= 0.3 is 0 Å². The molecule has 0 radical (unpaired) electrons. The number of piperidine rings is 1. The summed E-state index contributed by atoms with van der Waals surface area (Å²) in [5.41, 5.74) is 0.224. The first-order chi connectivity index (χ1) is 9.09. The fourth-order valence-corrected chi connectivity index (χ4v) is 3.68. The number of hydrogen-bond acceptors (Lipinski definition) is 6. The summed E-state index contributed by atoms with van der Waals surface area (Å²) in [6, 6.07) is 0. The van der Waals surface area contributed by atoms with Gasteiger partial charge in [-0.3, -0.25) is 9.59 Å². The Kier molecular flexibility index (Phi) is 3.18. The van der Waals surface area contributed by atoms with Crippen molar-refractivity contribution in [3.8, 4) is 0 Å². The van der Waals surface area contributed by atoms with Crippen LogP contribution in [0.15, 0.2) is 4.48 Å². The lowest BCUT2D eigenvalue weighted by molar-refractivity contribution is -0.111. The second-order valence-electron chi connectivity index (χ2n) is 4.54.